The van der Waals surface area contributed by atoms with E-state index >= 15 is 0 Å². The lowest BCUT2D eigenvalue weighted by Crippen LogP contribution is -2.41. The number of ether oxygens (including phenoxy) is 1. The number of nitrogens with two attached hydrogens (primary N) is 1. The summed E-state index contributed by atoms with van der Waals surface area (Å²) in [6, 6.07) is 9.11. The van der Waals surface area contributed by atoms with Crippen molar-refractivity contribution in [1.29, 1.82) is 0 Å². The van der Waals surface area contributed by atoms with Crippen LogP contribution in [0.2, 0.25) is 0 Å². The molecule has 1 atom stereocenters. The predicted molar refractivity (Wildman–Crippen MR) is 74.1 cm³/mol. The number of para-hydroxylation sites is 1. The highest BCUT2D eigenvalue weighted by molar-refractivity contribution is 5.85. The molecule has 1 saturated heterocycles. The molecule has 2 amide bonds. The second kappa shape index (κ2) is 6.91. The molecule has 6 heteroatoms. The van der Waals surface area contributed by atoms with E-state index in [1.807, 2.05) is 18.2 Å². The lowest BCUT2D eigenvalue weighted by molar-refractivity contribution is -0.132. The van der Waals surface area contributed by atoms with Crippen LogP contribution in [-0.4, -0.2) is 49.0 Å². The standard InChI is InChI=1S/C14H19N3O3/c15-11-6-7-17(9-11)14(19)8-16-13(18)10-20-12-4-2-1-3-5-12/h1-5,11H,6-10,15H2,(H,16,18)/t11-/m1/s1. The highest BCUT2D eigenvalue weighted by Crippen LogP contribution is 2.08. The Morgan fingerprint density at radius 1 is 1.35 bits per heavy atom. The SMILES string of the molecule is N[C@@H]1CCN(C(=O)CNC(=O)COc2ccccc2)C1. The van der Waals surface area contributed by atoms with E-state index in [1.165, 1.54) is 0 Å². The van der Waals surface area contributed by atoms with Gasteiger partial charge in [-0.3, -0.25) is 9.59 Å². The van der Waals surface area contributed by atoms with Gasteiger partial charge >= 0.3 is 0 Å². The fourth-order valence-electron chi connectivity index (χ4n) is 2.02. The van der Waals surface area contributed by atoms with E-state index in [2.05, 4.69) is 5.32 Å². The maximum atomic E-state index is 11.8. The smallest absolute Gasteiger partial charge is 0.258 e. The average Bonchev–Trinajstić information content (AvgIpc) is 2.90. The van der Waals surface area contributed by atoms with Gasteiger partial charge in [-0.15, -0.1) is 0 Å². The summed E-state index contributed by atoms with van der Waals surface area (Å²) < 4.78 is 5.29. The van der Waals surface area contributed by atoms with Crippen molar-refractivity contribution >= 4 is 11.8 Å². The highest BCUT2D eigenvalue weighted by atomic mass is 16.5. The number of hydrogen-bond acceptors (Lipinski definition) is 4. The van der Waals surface area contributed by atoms with E-state index in [0.29, 0.717) is 18.8 Å². The zero-order chi connectivity index (χ0) is 14.4. The van der Waals surface area contributed by atoms with E-state index < -0.39 is 0 Å². The molecule has 0 saturated carbocycles. The van der Waals surface area contributed by atoms with Crippen LogP contribution in [0.5, 0.6) is 5.75 Å². The van der Waals surface area contributed by atoms with Crippen molar-refractivity contribution in [3.05, 3.63) is 30.3 Å². The first-order valence-electron chi connectivity index (χ1n) is 6.63. The van der Waals surface area contributed by atoms with E-state index in [-0.39, 0.29) is 31.0 Å². The fourth-order valence-corrected chi connectivity index (χ4v) is 2.02. The maximum Gasteiger partial charge on any atom is 0.258 e. The molecule has 108 valence electrons. The Morgan fingerprint density at radius 3 is 2.75 bits per heavy atom. The molecule has 1 aliphatic heterocycles. The Labute approximate surface area is 117 Å². The number of carbonyl (C=O) groups excluding carboxylic acids is 2. The zero-order valence-corrected chi connectivity index (χ0v) is 11.2. The van der Waals surface area contributed by atoms with Gasteiger partial charge in [0.15, 0.2) is 6.61 Å². The van der Waals surface area contributed by atoms with Gasteiger partial charge in [0.25, 0.3) is 5.91 Å². The first kappa shape index (κ1) is 14.3. The van der Waals surface area contributed by atoms with Crippen LogP contribution in [0.25, 0.3) is 0 Å². The lowest BCUT2D eigenvalue weighted by Gasteiger charge is -2.16. The van der Waals surface area contributed by atoms with Crippen molar-refractivity contribution in [3.63, 3.8) is 0 Å². The largest absolute Gasteiger partial charge is 0.484 e. The molecule has 1 aliphatic rings. The van der Waals surface area contributed by atoms with Gasteiger partial charge in [0, 0.05) is 19.1 Å². The topological polar surface area (TPSA) is 84.7 Å². The van der Waals surface area contributed by atoms with Gasteiger partial charge in [0.05, 0.1) is 6.54 Å². The minimum Gasteiger partial charge on any atom is -0.484 e. The average molecular weight is 277 g/mol. The summed E-state index contributed by atoms with van der Waals surface area (Å²) in [7, 11) is 0. The number of amides is 2. The third-order valence-electron chi connectivity index (χ3n) is 3.13. The highest BCUT2D eigenvalue weighted by Gasteiger charge is 2.23. The van der Waals surface area contributed by atoms with Crippen LogP contribution in [0.3, 0.4) is 0 Å². The quantitative estimate of drug-likeness (QED) is 0.776. The first-order valence-corrected chi connectivity index (χ1v) is 6.63. The van der Waals surface area contributed by atoms with Crippen LogP contribution < -0.4 is 15.8 Å². The summed E-state index contributed by atoms with van der Waals surface area (Å²) >= 11 is 0. The zero-order valence-electron chi connectivity index (χ0n) is 11.2. The van der Waals surface area contributed by atoms with Crippen molar-refractivity contribution in [2.45, 2.75) is 12.5 Å². The van der Waals surface area contributed by atoms with Crippen molar-refractivity contribution in [2.24, 2.45) is 5.73 Å². The molecule has 1 heterocycles. The van der Waals surface area contributed by atoms with Gasteiger partial charge in [-0.25, -0.2) is 0 Å². The number of likely N-dealkylation sites (tertiary alicyclic amines) is 1. The number of nitrogens with zero attached hydrogens (tertiary/aromatic N) is 1. The minimum atomic E-state index is -0.314. The van der Waals surface area contributed by atoms with Gasteiger partial charge in [-0.05, 0) is 18.6 Å². The fraction of sp³-hybridized carbons (Fsp3) is 0.429. The molecule has 0 spiro atoms. The van der Waals surface area contributed by atoms with E-state index in [9.17, 15) is 9.59 Å². The number of nitrogens with one attached hydrogen (secondary N) is 1. The lowest BCUT2D eigenvalue weighted by atomic mass is 10.3. The van der Waals surface area contributed by atoms with Crippen LogP contribution in [0, 0.1) is 0 Å². The van der Waals surface area contributed by atoms with Gasteiger partial charge in [0.1, 0.15) is 5.75 Å². The van der Waals surface area contributed by atoms with E-state index in [0.717, 1.165) is 6.42 Å². The van der Waals surface area contributed by atoms with E-state index in [1.54, 1.807) is 17.0 Å². The molecule has 1 fully saturated rings. The van der Waals surface area contributed by atoms with Crippen molar-refractivity contribution in [3.8, 4) is 5.75 Å². The van der Waals surface area contributed by atoms with Gasteiger partial charge < -0.3 is 20.7 Å². The Bertz CT molecular complexity index is 464. The van der Waals surface area contributed by atoms with Crippen LogP contribution >= 0.6 is 0 Å². The monoisotopic (exact) mass is 277 g/mol. The molecule has 2 rings (SSSR count). The molecular weight excluding hydrogens is 258 g/mol. The molecule has 0 radical (unpaired) electrons. The van der Waals surface area contributed by atoms with Crippen LogP contribution in [-0.2, 0) is 9.59 Å². The molecular formula is C14H19N3O3. The third kappa shape index (κ3) is 4.24. The van der Waals surface area contributed by atoms with Gasteiger partial charge in [0.2, 0.25) is 5.91 Å². The van der Waals surface area contributed by atoms with Crippen molar-refractivity contribution in [2.75, 3.05) is 26.2 Å². The normalized spacial score (nSPS) is 17.9. The Hall–Kier alpha value is -2.08. The van der Waals surface area contributed by atoms with Crippen molar-refractivity contribution < 1.29 is 14.3 Å². The molecule has 20 heavy (non-hydrogen) atoms. The number of rotatable bonds is 5. The molecule has 3 N–H and O–H groups in total. The van der Waals surface area contributed by atoms with Gasteiger partial charge in [-0.1, -0.05) is 18.2 Å². The summed E-state index contributed by atoms with van der Waals surface area (Å²) in [5.74, 6) is 0.205. The summed E-state index contributed by atoms with van der Waals surface area (Å²) in [5.41, 5.74) is 5.73. The number of benzene rings is 1. The predicted octanol–water partition coefficient (Wildman–Crippen LogP) is -0.259. The Balaban J connectivity index is 1.66. The van der Waals surface area contributed by atoms with Crippen LogP contribution in [0.15, 0.2) is 30.3 Å². The Kier molecular flexibility index (Phi) is 4.95. The van der Waals surface area contributed by atoms with E-state index in [4.69, 9.17) is 10.5 Å². The second-order valence-corrected chi connectivity index (χ2v) is 4.77. The molecule has 0 unspecified atom stereocenters. The molecule has 1 aromatic rings. The summed E-state index contributed by atoms with van der Waals surface area (Å²) in [4.78, 5) is 25.0. The summed E-state index contributed by atoms with van der Waals surface area (Å²) in [5, 5.41) is 2.55. The first-order chi connectivity index (χ1) is 9.65. The summed E-state index contributed by atoms with van der Waals surface area (Å²) in [6.45, 7) is 1.12. The molecule has 0 aliphatic carbocycles. The van der Waals surface area contributed by atoms with Crippen LogP contribution in [0.4, 0.5) is 0 Å². The van der Waals surface area contributed by atoms with Crippen LogP contribution in [0.1, 0.15) is 6.42 Å². The number of hydrogen-bond donors (Lipinski definition) is 2. The Morgan fingerprint density at radius 2 is 2.10 bits per heavy atom. The third-order valence-corrected chi connectivity index (χ3v) is 3.13. The molecule has 6 nitrogen and oxygen atoms in total. The maximum absolute atomic E-state index is 11.8. The molecule has 0 bridgehead atoms. The second-order valence-electron chi connectivity index (χ2n) is 4.77. The molecule has 0 aromatic heterocycles. The minimum absolute atomic E-state index is 0.0102. The molecule has 1 aromatic carbocycles. The number of carbonyl (C=O) groups is 2. The summed E-state index contributed by atoms with van der Waals surface area (Å²) in [6.07, 6.45) is 0.816. The van der Waals surface area contributed by atoms with Gasteiger partial charge in [-0.2, -0.15) is 0 Å². The van der Waals surface area contributed by atoms with Crippen molar-refractivity contribution in [1.82, 2.24) is 10.2 Å².